The van der Waals surface area contributed by atoms with Crippen LogP contribution < -0.4 is 10.1 Å². The van der Waals surface area contributed by atoms with E-state index in [0.29, 0.717) is 18.2 Å². The third kappa shape index (κ3) is 4.89. The minimum absolute atomic E-state index is 0.107. The first kappa shape index (κ1) is 22.5. The summed E-state index contributed by atoms with van der Waals surface area (Å²) in [7, 11) is 1.81. The van der Waals surface area contributed by atoms with Gasteiger partial charge in [-0.25, -0.2) is 14.3 Å². The van der Waals surface area contributed by atoms with Crippen LogP contribution in [-0.4, -0.2) is 37.1 Å². The van der Waals surface area contributed by atoms with Crippen LogP contribution in [0, 0.1) is 13.8 Å². The van der Waals surface area contributed by atoms with Crippen LogP contribution in [0.3, 0.4) is 0 Å². The van der Waals surface area contributed by atoms with E-state index in [1.54, 1.807) is 21.6 Å². The van der Waals surface area contributed by atoms with E-state index in [4.69, 9.17) is 4.74 Å². The van der Waals surface area contributed by atoms with Gasteiger partial charge in [0, 0.05) is 18.8 Å². The van der Waals surface area contributed by atoms with Crippen molar-refractivity contribution in [2.75, 3.05) is 11.9 Å². The summed E-state index contributed by atoms with van der Waals surface area (Å²) in [5.74, 6) is 0.735. The van der Waals surface area contributed by atoms with Gasteiger partial charge in [-0.3, -0.25) is 4.79 Å². The molecule has 1 aromatic carbocycles. The Morgan fingerprint density at radius 1 is 1.12 bits per heavy atom. The fourth-order valence-electron chi connectivity index (χ4n) is 3.81. The molecule has 0 aliphatic carbocycles. The number of aryl methyl sites for hydroxylation is 3. The molecule has 4 rings (SSSR count). The van der Waals surface area contributed by atoms with E-state index >= 15 is 0 Å². The zero-order valence-electron chi connectivity index (χ0n) is 20.0. The molecule has 0 atom stereocenters. The van der Waals surface area contributed by atoms with Crippen molar-refractivity contribution in [1.82, 2.24) is 24.5 Å². The second kappa shape index (κ2) is 8.69. The molecule has 33 heavy (non-hydrogen) atoms. The topological polar surface area (TPSA) is 86.9 Å². The van der Waals surface area contributed by atoms with Gasteiger partial charge in [-0.1, -0.05) is 45.0 Å². The third-order valence-corrected chi connectivity index (χ3v) is 5.56. The Kier molecular flexibility index (Phi) is 5.93. The Labute approximate surface area is 193 Å². The fourth-order valence-corrected chi connectivity index (χ4v) is 3.81. The quantitative estimate of drug-likeness (QED) is 0.481. The highest BCUT2D eigenvalue weighted by molar-refractivity contribution is 5.91. The summed E-state index contributed by atoms with van der Waals surface area (Å²) in [6.07, 6.45) is 1.67. The van der Waals surface area contributed by atoms with Crippen LogP contribution in [0.5, 0.6) is 5.88 Å². The standard InChI is InChI=1S/C25H30N6O2/c1-16-13-17(2)27-23-22(16)24(29-30(23)6)33-15-21(32)28-20-11-12-26-31(20)14-18-7-9-19(10-8-18)25(3,4)5/h7-13H,14-15H2,1-6H3,(H,28,32). The van der Waals surface area contributed by atoms with E-state index in [-0.39, 0.29) is 17.9 Å². The molecule has 0 fully saturated rings. The second-order valence-electron chi connectivity index (χ2n) is 9.37. The molecule has 0 bridgehead atoms. The normalized spacial score (nSPS) is 11.7. The number of nitrogens with one attached hydrogen (secondary N) is 1. The predicted molar refractivity (Wildman–Crippen MR) is 129 cm³/mol. The number of carbonyl (C=O) groups is 1. The van der Waals surface area contributed by atoms with E-state index in [1.165, 1.54) is 5.56 Å². The van der Waals surface area contributed by atoms with E-state index < -0.39 is 0 Å². The lowest BCUT2D eigenvalue weighted by Crippen LogP contribution is -2.22. The highest BCUT2D eigenvalue weighted by Crippen LogP contribution is 2.27. The molecule has 8 heteroatoms. The summed E-state index contributed by atoms with van der Waals surface area (Å²) in [5, 5.41) is 12.4. The van der Waals surface area contributed by atoms with Crippen LogP contribution in [0.2, 0.25) is 0 Å². The lowest BCUT2D eigenvalue weighted by molar-refractivity contribution is -0.118. The second-order valence-corrected chi connectivity index (χ2v) is 9.37. The molecule has 8 nitrogen and oxygen atoms in total. The lowest BCUT2D eigenvalue weighted by atomic mass is 9.87. The van der Waals surface area contributed by atoms with Gasteiger partial charge in [0.15, 0.2) is 12.3 Å². The number of nitrogens with zero attached hydrogens (tertiary/aromatic N) is 5. The van der Waals surface area contributed by atoms with Gasteiger partial charge >= 0.3 is 0 Å². The number of hydrogen-bond acceptors (Lipinski definition) is 5. The van der Waals surface area contributed by atoms with Gasteiger partial charge in [0.1, 0.15) is 5.82 Å². The molecule has 0 aliphatic rings. The van der Waals surface area contributed by atoms with Crippen molar-refractivity contribution in [3.8, 4) is 5.88 Å². The maximum Gasteiger partial charge on any atom is 0.263 e. The molecule has 3 aromatic heterocycles. The summed E-state index contributed by atoms with van der Waals surface area (Å²) in [6, 6.07) is 12.2. The number of benzene rings is 1. The first-order valence-electron chi connectivity index (χ1n) is 11.0. The minimum Gasteiger partial charge on any atom is -0.466 e. The van der Waals surface area contributed by atoms with Crippen LogP contribution in [0.1, 0.15) is 43.2 Å². The summed E-state index contributed by atoms with van der Waals surface area (Å²) in [4.78, 5) is 17.1. The Bertz CT molecular complexity index is 1300. The van der Waals surface area contributed by atoms with Crippen LogP contribution in [0.4, 0.5) is 5.82 Å². The van der Waals surface area contributed by atoms with E-state index in [9.17, 15) is 4.79 Å². The van der Waals surface area contributed by atoms with Crippen molar-refractivity contribution in [3.05, 3.63) is 65.0 Å². The summed E-state index contributed by atoms with van der Waals surface area (Å²) >= 11 is 0. The average Bonchev–Trinajstić information content (AvgIpc) is 3.30. The number of rotatable bonds is 6. The molecular weight excluding hydrogens is 416 g/mol. The molecular formula is C25H30N6O2. The number of pyridine rings is 1. The Morgan fingerprint density at radius 2 is 1.85 bits per heavy atom. The minimum atomic E-state index is -0.281. The van der Waals surface area contributed by atoms with Crippen LogP contribution >= 0.6 is 0 Å². The number of amides is 1. The smallest absolute Gasteiger partial charge is 0.263 e. The number of carbonyl (C=O) groups excluding carboxylic acids is 1. The van der Waals surface area contributed by atoms with Gasteiger partial charge in [0.2, 0.25) is 5.88 Å². The number of fused-ring (bicyclic) bond motifs is 1. The summed E-state index contributed by atoms with van der Waals surface area (Å²) in [5.41, 5.74) is 5.15. The average molecular weight is 447 g/mol. The van der Waals surface area contributed by atoms with Gasteiger partial charge in [-0.2, -0.15) is 5.10 Å². The van der Waals surface area contributed by atoms with Crippen molar-refractivity contribution >= 4 is 22.8 Å². The van der Waals surface area contributed by atoms with E-state index in [2.05, 4.69) is 65.5 Å². The molecule has 172 valence electrons. The zero-order chi connectivity index (χ0) is 23.8. The molecule has 0 saturated heterocycles. The van der Waals surface area contributed by atoms with Gasteiger partial charge in [0.05, 0.1) is 18.1 Å². The van der Waals surface area contributed by atoms with Gasteiger partial charge < -0.3 is 10.1 Å². The van der Waals surface area contributed by atoms with E-state index in [1.807, 2.05) is 27.0 Å². The number of hydrogen-bond donors (Lipinski definition) is 1. The molecule has 0 radical (unpaired) electrons. The maximum absolute atomic E-state index is 12.6. The molecule has 0 spiro atoms. The predicted octanol–water partition coefficient (Wildman–Crippen LogP) is 4.14. The Balaban J connectivity index is 1.42. The molecule has 1 amide bonds. The molecule has 1 N–H and O–H groups in total. The fraction of sp³-hybridized carbons (Fsp3) is 0.360. The van der Waals surface area contributed by atoms with Crippen LogP contribution in [0.25, 0.3) is 11.0 Å². The maximum atomic E-state index is 12.6. The highest BCUT2D eigenvalue weighted by Gasteiger charge is 2.17. The van der Waals surface area contributed by atoms with Gasteiger partial charge in [-0.05, 0) is 42.0 Å². The van der Waals surface area contributed by atoms with Gasteiger partial charge in [-0.15, -0.1) is 5.10 Å². The molecule has 0 aliphatic heterocycles. The monoisotopic (exact) mass is 446 g/mol. The van der Waals surface area contributed by atoms with Crippen LogP contribution in [-0.2, 0) is 23.8 Å². The van der Waals surface area contributed by atoms with Crippen molar-refractivity contribution in [3.63, 3.8) is 0 Å². The molecule has 3 heterocycles. The van der Waals surface area contributed by atoms with Gasteiger partial charge in [0.25, 0.3) is 5.91 Å². The SMILES string of the molecule is Cc1cc(C)c2c(OCC(=O)Nc3ccnn3Cc3ccc(C(C)(C)C)cc3)nn(C)c2n1. The van der Waals surface area contributed by atoms with Crippen molar-refractivity contribution < 1.29 is 9.53 Å². The molecule has 0 unspecified atom stereocenters. The Hall–Kier alpha value is -3.68. The Morgan fingerprint density at radius 3 is 2.55 bits per heavy atom. The van der Waals surface area contributed by atoms with Crippen molar-refractivity contribution in [2.45, 2.75) is 46.6 Å². The highest BCUT2D eigenvalue weighted by atomic mass is 16.5. The van der Waals surface area contributed by atoms with Crippen molar-refractivity contribution in [2.24, 2.45) is 7.05 Å². The largest absolute Gasteiger partial charge is 0.466 e. The zero-order valence-corrected chi connectivity index (χ0v) is 20.0. The first-order valence-corrected chi connectivity index (χ1v) is 11.0. The summed E-state index contributed by atoms with van der Waals surface area (Å²) < 4.78 is 9.19. The number of aromatic nitrogens is 5. The molecule has 4 aromatic rings. The van der Waals surface area contributed by atoms with E-state index in [0.717, 1.165) is 27.9 Å². The number of ether oxygens (including phenoxy) is 1. The first-order chi connectivity index (χ1) is 15.6. The molecule has 0 saturated carbocycles. The van der Waals surface area contributed by atoms with Crippen LogP contribution in [0.15, 0.2) is 42.6 Å². The van der Waals surface area contributed by atoms with Crippen molar-refractivity contribution in [1.29, 1.82) is 0 Å². The lowest BCUT2D eigenvalue weighted by Gasteiger charge is -2.19. The summed E-state index contributed by atoms with van der Waals surface area (Å²) in [6.45, 7) is 10.9. The number of anilines is 1. The third-order valence-electron chi connectivity index (χ3n) is 5.56.